The summed E-state index contributed by atoms with van der Waals surface area (Å²) < 4.78 is 23.4. The number of carbonyl (C=O) groups is 1. The van der Waals surface area contributed by atoms with Crippen molar-refractivity contribution in [3.05, 3.63) is 24.3 Å². The van der Waals surface area contributed by atoms with Crippen LogP contribution in [0.3, 0.4) is 0 Å². The Labute approximate surface area is 436 Å². The summed E-state index contributed by atoms with van der Waals surface area (Å²) in [5, 5.41) is 14.0. The van der Waals surface area contributed by atoms with E-state index in [0.29, 0.717) is 23.9 Å². The van der Waals surface area contributed by atoms with Gasteiger partial charge in [-0.1, -0.05) is 282 Å². The van der Waals surface area contributed by atoms with Gasteiger partial charge in [-0.05, 0) is 44.9 Å². The molecule has 2 N–H and O–H groups in total. The summed E-state index contributed by atoms with van der Waals surface area (Å²) in [7, 11) is 1.32. The van der Waals surface area contributed by atoms with E-state index in [1.165, 1.54) is 238 Å². The predicted octanol–water partition coefficient (Wildman–Crippen LogP) is 18.1. The van der Waals surface area contributed by atoms with Crippen LogP contribution >= 0.6 is 7.82 Å². The van der Waals surface area contributed by atoms with Gasteiger partial charge in [0.25, 0.3) is 7.82 Å². The Balaban J connectivity index is 4.02. The maximum atomic E-state index is 13.0. The van der Waals surface area contributed by atoms with Gasteiger partial charge in [-0.3, -0.25) is 9.36 Å². The second kappa shape index (κ2) is 52.8. The molecule has 0 saturated heterocycles. The SMILES string of the molecule is CCCCCCC/C=C\C/C=C\CCCCCCCCCCCCCCCCCCCCCC(=O)NC(COP(=O)([O-])OCC[N+](C)(C)C)C(O)CCCCCCCCCCCCCCCCCCC. The minimum Gasteiger partial charge on any atom is -0.756 e. The molecule has 0 rings (SSSR count). The molecule has 0 fully saturated rings. The van der Waals surface area contributed by atoms with E-state index in [1.807, 2.05) is 21.1 Å². The average molecular weight is 1010 g/mol. The van der Waals surface area contributed by atoms with Crippen LogP contribution in [0.25, 0.3) is 0 Å². The Morgan fingerprint density at radius 2 is 0.829 bits per heavy atom. The maximum Gasteiger partial charge on any atom is 0.268 e. The lowest BCUT2D eigenvalue weighted by Crippen LogP contribution is -2.46. The second-order valence-corrected chi connectivity index (χ2v) is 23.8. The number of hydrogen-bond acceptors (Lipinski definition) is 6. The number of unbranched alkanes of at least 4 members (excludes halogenated alkanes) is 40. The van der Waals surface area contributed by atoms with Gasteiger partial charge in [-0.15, -0.1) is 0 Å². The smallest absolute Gasteiger partial charge is 0.268 e. The summed E-state index contributed by atoms with van der Waals surface area (Å²) in [6, 6.07) is -0.798. The number of rotatable bonds is 57. The standard InChI is InChI=1S/C61H121N2O6P/c1-6-8-10-12-14-16-18-20-22-24-25-26-27-28-29-30-31-32-33-34-35-36-37-39-41-43-45-47-49-51-53-55-61(65)62-59(58-69-70(66,67)68-57-56-63(3,4)5)60(64)54-52-50-48-46-44-42-40-38-23-21-19-17-15-13-11-9-7-2/h18,20,24-25,59-60,64H,6-17,19,21-23,26-58H2,1-5H3,(H-,62,65,66,67)/b20-18-,25-24-. The number of nitrogens with zero attached hydrogens (tertiary/aromatic N) is 1. The highest BCUT2D eigenvalue weighted by Gasteiger charge is 2.24. The summed E-state index contributed by atoms with van der Waals surface area (Å²) in [4.78, 5) is 25.6. The molecule has 0 aliphatic carbocycles. The molecule has 0 radical (unpaired) electrons. The Morgan fingerprint density at radius 1 is 0.500 bits per heavy atom. The molecule has 0 aliphatic rings. The van der Waals surface area contributed by atoms with Crippen molar-refractivity contribution < 1.29 is 32.9 Å². The number of hydrogen-bond donors (Lipinski definition) is 2. The molecule has 0 aromatic heterocycles. The van der Waals surface area contributed by atoms with Crippen molar-refractivity contribution in [3.8, 4) is 0 Å². The second-order valence-electron chi connectivity index (χ2n) is 22.4. The molecule has 0 heterocycles. The summed E-state index contributed by atoms with van der Waals surface area (Å²) in [5.74, 6) is -0.159. The molecule has 416 valence electrons. The van der Waals surface area contributed by atoms with Crippen LogP contribution in [0, 0.1) is 0 Å². The first-order valence-electron chi connectivity index (χ1n) is 30.7. The molecule has 0 aliphatic heterocycles. The average Bonchev–Trinajstić information content (AvgIpc) is 3.32. The van der Waals surface area contributed by atoms with Crippen LogP contribution in [0.4, 0.5) is 0 Å². The van der Waals surface area contributed by atoms with Gasteiger partial charge in [-0.25, -0.2) is 0 Å². The molecule has 0 spiro atoms. The van der Waals surface area contributed by atoms with Gasteiger partial charge in [-0.2, -0.15) is 0 Å². The number of likely N-dealkylation sites (N-methyl/N-ethyl adjacent to an activating group) is 1. The van der Waals surface area contributed by atoms with Crippen molar-refractivity contribution in [2.75, 3.05) is 40.9 Å². The Hall–Kier alpha value is -1.02. The summed E-state index contributed by atoms with van der Waals surface area (Å²) >= 11 is 0. The fourth-order valence-electron chi connectivity index (χ4n) is 9.37. The minimum atomic E-state index is -4.57. The van der Waals surface area contributed by atoms with Gasteiger partial charge in [0.05, 0.1) is 39.9 Å². The Kier molecular flexibility index (Phi) is 52.1. The van der Waals surface area contributed by atoms with Crippen LogP contribution in [-0.4, -0.2) is 68.5 Å². The van der Waals surface area contributed by atoms with Crippen LogP contribution in [0.15, 0.2) is 24.3 Å². The number of allylic oxidation sites excluding steroid dienone is 4. The van der Waals surface area contributed by atoms with Crippen molar-refractivity contribution in [2.45, 2.75) is 321 Å². The van der Waals surface area contributed by atoms with E-state index in [1.54, 1.807) is 0 Å². The first kappa shape index (κ1) is 69.0. The summed E-state index contributed by atoms with van der Waals surface area (Å²) in [5.41, 5.74) is 0. The topological polar surface area (TPSA) is 108 Å². The van der Waals surface area contributed by atoms with Crippen molar-refractivity contribution in [1.29, 1.82) is 0 Å². The molecule has 8 nitrogen and oxygen atoms in total. The van der Waals surface area contributed by atoms with E-state index < -0.39 is 20.0 Å². The van der Waals surface area contributed by atoms with Crippen LogP contribution in [0.2, 0.25) is 0 Å². The van der Waals surface area contributed by atoms with Gasteiger partial charge in [0.1, 0.15) is 13.2 Å². The zero-order chi connectivity index (χ0) is 51.3. The van der Waals surface area contributed by atoms with E-state index in [-0.39, 0.29) is 19.1 Å². The first-order chi connectivity index (χ1) is 34.0. The van der Waals surface area contributed by atoms with E-state index in [2.05, 4.69) is 43.5 Å². The van der Waals surface area contributed by atoms with Crippen LogP contribution in [-0.2, 0) is 18.4 Å². The lowest BCUT2D eigenvalue weighted by Gasteiger charge is -2.30. The lowest BCUT2D eigenvalue weighted by atomic mass is 10.0. The summed E-state index contributed by atoms with van der Waals surface area (Å²) in [6.07, 6.45) is 66.5. The normalized spacial score (nSPS) is 14.0. The van der Waals surface area contributed by atoms with Gasteiger partial charge in [0.2, 0.25) is 5.91 Å². The molecule has 1 amide bonds. The Bertz CT molecular complexity index is 1190. The largest absolute Gasteiger partial charge is 0.756 e. The molecule has 9 heteroatoms. The van der Waals surface area contributed by atoms with Gasteiger partial charge in [0, 0.05) is 6.42 Å². The molecule has 0 aromatic rings. The van der Waals surface area contributed by atoms with Crippen molar-refractivity contribution in [1.82, 2.24) is 5.32 Å². The van der Waals surface area contributed by atoms with Crippen LogP contribution in [0.1, 0.15) is 309 Å². The van der Waals surface area contributed by atoms with Crippen LogP contribution < -0.4 is 10.2 Å². The monoisotopic (exact) mass is 1010 g/mol. The molecule has 0 aromatic carbocycles. The van der Waals surface area contributed by atoms with Gasteiger partial charge < -0.3 is 28.8 Å². The van der Waals surface area contributed by atoms with Gasteiger partial charge >= 0.3 is 0 Å². The third kappa shape index (κ3) is 54.7. The third-order valence-electron chi connectivity index (χ3n) is 14.2. The number of carbonyl (C=O) groups excluding carboxylic acids is 1. The third-order valence-corrected chi connectivity index (χ3v) is 15.2. The molecule has 3 atom stereocenters. The van der Waals surface area contributed by atoms with E-state index in [0.717, 1.165) is 44.9 Å². The highest BCUT2D eigenvalue weighted by molar-refractivity contribution is 7.45. The van der Waals surface area contributed by atoms with E-state index in [4.69, 9.17) is 9.05 Å². The number of phosphoric ester groups is 1. The molecule has 70 heavy (non-hydrogen) atoms. The molecule has 3 unspecified atom stereocenters. The van der Waals surface area contributed by atoms with E-state index in [9.17, 15) is 19.4 Å². The Morgan fingerprint density at radius 3 is 1.19 bits per heavy atom. The van der Waals surface area contributed by atoms with Gasteiger partial charge in [0.15, 0.2) is 0 Å². The summed E-state index contributed by atoms with van der Waals surface area (Å²) in [6.45, 7) is 4.75. The fraction of sp³-hybridized carbons (Fsp3) is 0.918. The molecule has 0 saturated carbocycles. The number of phosphoric acid groups is 1. The molecular formula is C61H121N2O6P. The van der Waals surface area contributed by atoms with Crippen molar-refractivity contribution in [3.63, 3.8) is 0 Å². The zero-order valence-electron chi connectivity index (χ0n) is 47.5. The van der Waals surface area contributed by atoms with Crippen LogP contribution in [0.5, 0.6) is 0 Å². The number of amides is 1. The predicted molar refractivity (Wildman–Crippen MR) is 302 cm³/mol. The first-order valence-corrected chi connectivity index (χ1v) is 32.1. The minimum absolute atomic E-state index is 0.0147. The van der Waals surface area contributed by atoms with Crippen molar-refractivity contribution in [2.24, 2.45) is 0 Å². The molecular weight excluding hydrogens is 888 g/mol. The maximum absolute atomic E-state index is 13.0. The molecule has 0 bridgehead atoms. The number of nitrogens with one attached hydrogen (secondary N) is 1. The zero-order valence-corrected chi connectivity index (χ0v) is 48.4. The number of quaternary nitrogens is 1. The highest BCUT2D eigenvalue weighted by atomic mass is 31.2. The highest BCUT2D eigenvalue weighted by Crippen LogP contribution is 2.38. The van der Waals surface area contributed by atoms with E-state index >= 15 is 0 Å². The number of aliphatic hydroxyl groups is 1. The number of aliphatic hydroxyl groups excluding tert-OH is 1. The van der Waals surface area contributed by atoms with Crippen molar-refractivity contribution >= 4 is 13.7 Å². The fourth-order valence-corrected chi connectivity index (χ4v) is 10.1. The quantitative estimate of drug-likeness (QED) is 0.0272. The lowest BCUT2D eigenvalue weighted by molar-refractivity contribution is -0.870.